The number of hydrogen-bond donors (Lipinski definition) is 1. The van der Waals surface area contributed by atoms with Crippen molar-refractivity contribution in [1.29, 1.82) is 0 Å². The molecule has 1 saturated carbocycles. The van der Waals surface area contributed by atoms with Crippen LogP contribution in [0.15, 0.2) is 30.3 Å². The summed E-state index contributed by atoms with van der Waals surface area (Å²) in [5.41, 5.74) is 1.01. The Morgan fingerprint density at radius 1 is 1.13 bits per heavy atom. The van der Waals surface area contributed by atoms with Crippen LogP contribution in [0.5, 0.6) is 0 Å². The smallest absolute Gasteiger partial charge is 0.108 e. The summed E-state index contributed by atoms with van der Waals surface area (Å²) >= 11 is 0. The van der Waals surface area contributed by atoms with Crippen LogP contribution >= 0.6 is 0 Å². The molecule has 0 aliphatic heterocycles. The van der Waals surface area contributed by atoms with Crippen LogP contribution < -0.4 is 5.32 Å². The standard InChI is InChI=1S/C13H18FN/c14-11-13(8-4-5-9-13)15-10-12-6-2-1-3-7-12/h1-3,6-7,15H,4-5,8-11H2. The molecular weight excluding hydrogens is 189 g/mol. The molecule has 0 atom stereocenters. The molecule has 1 aromatic carbocycles. The van der Waals surface area contributed by atoms with Gasteiger partial charge >= 0.3 is 0 Å². The van der Waals surface area contributed by atoms with Crippen molar-refractivity contribution in [2.75, 3.05) is 6.67 Å². The summed E-state index contributed by atoms with van der Waals surface area (Å²) in [4.78, 5) is 0. The van der Waals surface area contributed by atoms with E-state index in [2.05, 4.69) is 17.4 Å². The Morgan fingerprint density at radius 2 is 1.80 bits per heavy atom. The van der Waals surface area contributed by atoms with E-state index >= 15 is 0 Å². The van der Waals surface area contributed by atoms with Gasteiger partial charge in [0.1, 0.15) is 6.67 Å². The Kier molecular flexibility index (Phi) is 3.37. The van der Waals surface area contributed by atoms with E-state index in [9.17, 15) is 4.39 Å². The van der Waals surface area contributed by atoms with Gasteiger partial charge in [-0.05, 0) is 18.4 Å². The number of halogens is 1. The predicted octanol–water partition coefficient (Wildman–Crippen LogP) is 3.06. The third kappa shape index (κ3) is 2.57. The minimum Gasteiger partial charge on any atom is -0.305 e. The van der Waals surface area contributed by atoms with Crippen molar-refractivity contribution in [3.05, 3.63) is 35.9 Å². The zero-order chi connectivity index (χ0) is 10.6. The van der Waals surface area contributed by atoms with Crippen LogP contribution in [0.4, 0.5) is 4.39 Å². The highest BCUT2D eigenvalue weighted by molar-refractivity contribution is 5.15. The fourth-order valence-corrected chi connectivity index (χ4v) is 2.29. The molecule has 0 radical (unpaired) electrons. The van der Waals surface area contributed by atoms with Crippen molar-refractivity contribution < 1.29 is 4.39 Å². The molecule has 0 saturated heterocycles. The summed E-state index contributed by atoms with van der Waals surface area (Å²) in [6, 6.07) is 10.2. The van der Waals surface area contributed by atoms with Crippen LogP contribution in [0.2, 0.25) is 0 Å². The maximum atomic E-state index is 13.0. The third-order valence-corrected chi connectivity index (χ3v) is 3.33. The molecule has 1 fully saturated rings. The van der Waals surface area contributed by atoms with Gasteiger partial charge in [-0.1, -0.05) is 43.2 Å². The Morgan fingerprint density at radius 3 is 2.40 bits per heavy atom. The molecule has 1 aromatic rings. The van der Waals surface area contributed by atoms with Gasteiger partial charge in [-0.3, -0.25) is 0 Å². The Bertz CT molecular complexity index is 291. The molecule has 0 aromatic heterocycles. The second-order valence-electron chi connectivity index (χ2n) is 4.46. The Labute approximate surface area is 90.7 Å². The molecule has 1 aliphatic rings. The van der Waals surface area contributed by atoms with Gasteiger partial charge in [-0.2, -0.15) is 0 Å². The van der Waals surface area contributed by atoms with Crippen LogP contribution in [0.1, 0.15) is 31.2 Å². The third-order valence-electron chi connectivity index (χ3n) is 3.33. The molecule has 0 amide bonds. The average Bonchev–Trinajstić information content (AvgIpc) is 2.77. The minimum absolute atomic E-state index is 0.226. The lowest BCUT2D eigenvalue weighted by Gasteiger charge is -2.27. The molecule has 1 nitrogen and oxygen atoms in total. The first-order valence-corrected chi connectivity index (χ1v) is 5.70. The lowest BCUT2D eigenvalue weighted by molar-refractivity contribution is 0.247. The normalized spacial score (nSPS) is 19.3. The van der Waals surface area contributed by atoms with Gasteiger partial charge in [0.15, 0.2) is 0 Å². The van der Waals surface area contributed by atoms with E-state index < -0.39 is 0 Å². The Hall–Kier alpha value is -0.890. The van der Waals surface area contributed by atoms with Crippen LogP contribution in [-0.4, -0.2) is 12.2 Å². The van der Waals surface area contributed by atoms with Crippen molar-refractivity contribution in [2.24, 2.45) is 0 Å². The number of nitrogens with one attached hydrogen (secondary N) is 1. The van der Waals surface area contributed by atoms with Gasteiger partial charge in [0.2, 0.25) is 0 Å². The predicted molar refractivity (Wildman–Crippen MR) is 60.5 cm³/mol. The molecule has 0 unspecified atom stereocenters. The first-order chi connectivity index (χ1) is 7.35. The van der Waals surface area contributed by atoms with Gasteiger partial charge in [0.05, 0.1) is 0 Å². The summed E-state index contributed by atoms with van der Waals surface area (Å²) in [6.45, 7) is 0.546. The number of benzene rings is 1. The van der Waals surface area contributed by atoms with Crippen LogP contribution in [0, 0.1) is 0 Å². The second kappa shape index (κ2) is 4.75. The maximum absolute atomic E-state index is 13.0. The van der Waals surface area contributed by atoms with Gasteiger partial charge < -0.3 is 5.32 Å². The Balaban J connectivity index is 1.92. The van der Waals surface area contributed by atoms with Gasteiger partial charge in [-0.15, -0.1) is 0 Å². The topological polar surface area (TPSA) is 12.0 Å². The van der Waals surface area contributed by atoms with Crippen molar-refractivity contribution in [3.8, 4) is 0 Å². The highest BCUT2D eigenvalue weighted by Crippen LogP contribution is 2.30. The molecular formula is C13H18FN. The molecule has 2 heteroatoms. The van der Waals surface area contributed by atoms with Crippen LogP contribution in [0.3, 0.4) is 0 Å². The van der Waals surface area contributed by atoms with Crippen molar-refractivity contribution in [3.63, 3.8) is 0 Å². The summed E-state index contributed by atoms with van der Waals surface area (Å²) < 4.78 is 13.0. The van der Waals surface area contributed by atoms with Gasteiger partial charge in [-0.25, -0.2) is 4.39 Å². The summed E-state index contributed by atoms with van der Waals surface area (Å²) in [7, 11) is 0. The van der Waals surface area contributed by atoms with E-state index in [-0.39, 0.29) is 12.2 Å². The summed E-state index contributed by atoms with van der Waals surface area (Å²) in [6.07, 6.45) is 4.28. The second-order valence-corrected chi connectivity index (χ2v) is 4.46. The van der Waals surface area contributed by atoms with Crippen molar-refractivity contribution in [2.45, 2.75) is 37.8 Å². The average molecular weight is 207 g/mol. The first kappa shape index (κ1) is 10.6. The van der Waals surface area contributed by atoms with E-state index in [0.717, 1.165) is 32.2 Å². The molecule has 0 bridgehead atoms. The van der Waals surface area contributed by atoms with Crippen LogP contribution in [0.25, 0.3) is 0 Å². The maximum Gasteiger partial charge on any atom is 0.108 e. The molecule has 15 heavy (non-hydrogen) atoms. The lowest BCUT2D eigenvalue weighted by atomic mass is 9.99. The zero-order valence-electron chi connectivity index (χ0n) is 9.01. The summed E-state index contributed by atoms with van der Waals surface area (Å²) in [5, 5.41) is 3.39. The highest BCUT2D eigenvalue weighted by Gasteiger charge is 2.32. The van der Waals surface area contributed by atoms with Crippen molar-refractivity contribution in [1.82, 2.24) is 5.32 Å². The number of alkyl halides is 1. The quantitative estimate of drug-likeness (QED) is 0.800. The molecule has 1 N–H and O–H groups in total. The SMILES string of the molecule is FCC1(NCc2ccccc2)CCCC1. The first-order valence-electron chi connectivity index (χ1n) is 5.70. The highest BCUT2D eigenvalue weighted by atomic mass is 19.1. The van der Waals surface area contributed by atoms with E-state index in [0.29, 0.717) is 0 Å². The largest absolute Gasteiger partial charge is 0.305 e. The van der Waals surface area contributed by atoms with Gasteiger partial charge in [0, 0.05) is 12.1 Å². The minimum atomic E-state index is -0.236. The molecule has 1 aliphatic carbocycles. The summed E-state index contributed by atoms with van der Waals surface area (Å²) in [5.74, 6) is 0. The van der Waals surface area contributed by atoms with Crippen molar-refractivity contribution >= 4 is 0 Å². The molecule has 0 spiro atoms. The molecule has 82 valence electrons. The zero-order valence-corrected chi connectivity index (χ0v) is 9.01. The fraction of sp³-hybridized carbons (Fsp3) is 0.538. The molecule has 0 heterocycles. The number of hydrogen-bond acceptors (Lipinski definition) is 1. The lowest BCUT2D eigenvalue weighted by Crippen LogP contribution is -2.44. The van der Waals surface area contributed by atoms with E-state index in [1.165, 1.54) is 5.56 Å². The van der Waals surface area contributed by atoms with E-state index in [4.69, 9.17) is 0 Å². The van der Waals surface area contributed by atoms with E-state index in [1.54, 1.807) is 0 Å². The number of rotatable bonds is 4. The molecule has 2 rings (SSSR count). The van der Waals surface area contributed by atoms with E-state index in [1.807, 2.05) is 18.2 Å². The monoisotopic (exact) mass is 207 g/mol. The van der Waals surface area contributed by atoms with Crippen LogP contribution in [-0.2, 0) is 6.54 Å². The van der Waals surface area contributed by atoms with Gasteiger partial charge in [0.25, 0.3) is 0 Å². The fourth-order valence-electron chi connectivity index (χ4n) is 2.29.